The number of nitrogens with one attached hydrogen (secondary N) is 2. The summed E-state index contributed by atoms with van der Waals surface area (Å²) in [4.78, 5) is 25.9. The first kappa shape index (κ1) is 19.9. The molecule has 1 aromatic heterocycles. The number of hydrogen-bond donors (Lipinski definition) is 2. The largest absolute Gasteiger partial charge is 0.492 e. The minimum Gasteiger partial charge on any atom is -0.492 e. The van der Waals surface area contributed by atoms with Gasteiger partial charge in [-0.1, -0.05) is 17.7 Å². The zero-order valence-corrected chi connectivity index (χ0v) is 17.1. The molecule has 2 fully saturated rings. The van der Waals surface area contributed by atoms with E-state index in [4.69, 9.17) is 16.3 Å². The van der Waals surface area contributed by atoms with E-state index >= 15 is 0 Å². The summed E-state index contributed by atoms with van der Waals surface area (Å²) in [7, 11) is 0. The van der Waals surface area contributed by atoms with Crippen molar-refractivity contribution < 1.29 is 9.53 Å². The molecule has 2 saturated heterocycles. The number of hydrogen-bond acceptors (Lipinski definition) is 7. The van der Waals surface area contributed by atoms with E-state index in [-0.39, 0.29) is 17.9 Å². The summed E-state index contributed by atoms with van der Waals surface area (Å²) in [6.07, 6.45) is 3.48. The number of amides is 1. The van der Waals surface area contributed by atoms with Gasteiger partial charge in [0.25, 0.3) is 0 Å². The van der Waals surface area contributed by atoms with Gasteiger partial charge in [0.15, 0.2) is 0 Å². The summed E-state index contributed by atoms with van der Waals surface area (Å²) in [6.45, 7) is 5.82. The summed E-state index contributed by atoms with van der Waals surface area (Å²) in [5, 5.41) is 0.556. The quantitative estimate of drug-likeness (QED) is 0.766. The number of aromatic nitrogens is 2. The van der Waals surface area contributed by atoms with Crippen LogP contribution in [0, 0.1) is 5.92 Å². The predicted molar refractivity (Wildman–Crippen MR) is 111 cm³/mol. The van der Waals surface area contributed by atoms with Crippen LogP contribution in [0.4, 0.5) is 5.95 Å². The molecule has 9 heteroatoms. The fraction of sp³-hybridized carbons (Fsp3) is 0.450. The molecular weight excluding hydrogens is 392 g/mol. The van der Waals surface area contributed by atoms with Gasteiger partial charge in [0.05, 0.1) is 23.6 Å². The number of nitrogens with zero attached hydrogens (tertiary/aromatic N) is 4. The number of hydrazine groups is 1. The van der Waals surface area contributed by atoms with Gasteiger partial charge in [-0.25, -0.2) is 15.4 Å². The summed E-state index contributed by atoms with van der Waals surface area (Å²) < 4.78 is 5.51. The number of benzene rings is 1. The van der Waals surface area contributed by atoms with Crippen LogP contribution in [0.1, 0.15) is 18.5 Å². The lowest BCUT2D eigenvalue weighted by Crippen LogP contribution is -2.51. The van der Waals surface area contributed by atoms with E-state index in [2.05, 4.69) is 25.7 Å². The molecule has 2 aliphatic heterocycles. The topological polar surface area (TPSA) is 82.6 Å². The molecule has 0 bridgehead atoms. The van der Waals surface area contributed by atoms with Gasteiger partial charge in [0, 0.05) is 45.1 Å². The van der Waals surface area contributed by atoms with Crippen LogP contribution < -0.4 is 20.5 Å². The maximum Gasteiger partial charge on any atom is 0.229 e. The lowest BCUT2D eigenvalue weighted by molar-refractivity contribution is -0.135. The fourth-order valence-corrected chi connectivity index (χ4v) is 4.09. The molecule has 0 aliphatic carbocycles. The maximum atomic E-state index is 13.2. The van der Waals surface area contributed by atoms with Crippen LogP contribution in [-0.2, 0) is 4.79 Å². The van der Waals surface area contributed by atoms with E-state index in [1.54, 1.807) is 18.5 Å². The monoisotopic (exact) mass is 416 g/mol. The Balaban J connectivity index is 1.41. The number of anilines is 1. The first-order chi connectivity index (χ1) is 14.2. The van der Waals surface area contributed by atoms with Gasteiger partial charge in [0.1, 0.15) is 5.75 Å². The van der Waals surface area contributed by atoms with Crippen molar-refractivity contribution in [3.05, 3.63) is 47.2 Å². The molecule has 0 radical (unpaired) electrons. The van der Waals surface area contributed by atoms with Crippen molar-refractivity contribution in [3.8, 4) is 5.75 Å². The zero-order valence-electron chi connectivity index (χ0n) is 16.3. The molecule has 0 saturated carbocycles. The van der Waals surface area contributed by atoms with Gasteiger partial charge in [-0.2, -0.15) is 0 Å². The van der Waals surface area contributed by atoms with Gasteiger partial charge >= 0.3 is 0 Å². The molecule has 29 heavy (non-hydrogen) atoms. The molecule has 154 valence electrons. The Morgan fingerprint density at radius 1 is 1.24 bits per heavy atom. The highest BCUT2D eigenvalue weighted by Crippen LogP contribution is 2.32. The third kappa shape index (κ3) is 4.29. The molecule has 2 unspecified atom stereocenters. The van der Waals surface area contributed by atoms with Crippen molar-refractivity contribution in [3.63, 3.8) is 0 Å². The van der Waals surface area contributed by atoms with Gasteiger partial charge in [0.2, 0.25) is 11.9 Å². The standard InChI is InChI=1S/C20H25ClN6O2/c1-2-29-17-5-4-14(12-16(17)21)18-15(13-24-25-18)19(28)26-8-10-27(11-9-26)20-22-6-3-7-23-20/h3-7,12,15,18,24-25H,2,8-11,13H2,1H3. The van der Waals surface area contributed by atoms with E-state index < -0.39 is 0 Å². The Morgan fingerprint density at radius 3 is 2.69 bits per heavy atom. The van der Waals surface area contributed by atoms with E-state index in [0.717, 1.165) is 18.7 Å². The molecule has 4 rings (SSSR count). The minimum absolute atomic E-state index is 0.133. The second kappa shape index (κ2) is 8.94. The SMILES string of the molecule is CCOc1ccc(C2NNCC2C(=O)N2CCN(c3ncccn3)CC2)cc1Cl. The van der Waals surface area contributed by atoms with Crippen LogP contribution in [0.15, 0.2) is 36.7 Å². The van der Waals surface area contributed by atoms with Crippen molar-refractivity contribution in [1.82, 2.24) is 25.7 Å². The smallest absolute Gasteiger partial charge is 0.229 e. The third-order valence-electron chi connectivity index (χ3n) is 5.34. The Labute approximate surface area is 175 Å². The molecule has 8 nitrogen and oxygen atoms in total. The summed E-state index contributed by atoms with van der Waals surface area (Å²) >= 11 is 6.35. The van der Waals surface area contributed by atoms with Crippen LogP contribution in [0.5, 0.6) is 5.75 Å². The van der Waals surface area contributed by atoms with Crippen molar-refractivity contribution in [2.45, 2.75) is 13.0 Å². The number of halogens is 1. The van der Waals surface area contributed by atoms with Crippen LogP contribution in [0.2, 0.25) is 5.02 Å². The molecular formula is C20H25ClN6O2. The van der Waals surface area contributed by atoms with Gasteiger partial charge in [-0.15, -0.1) is 0 Å². The van der Waals surface area contributed by atoms with Gasteiger partial charge in [-0.05, 0) is 30.7 Å². The predicted octanol–water partition coefficient (Wildman–Crippen LogP) is 1.64. The highest BCUT2D eigenvalue weighted by Gasteiger charge is 2.37. The van der Waals surface area contributed by atoms with Crippen LogP contribution in [0.25, 0.3) is 0 Å². The fourth-order valence-electron chi connectivity index (χ4n) is 3.84. The number of carbonyl (C=O) groups excluding carboxylic acids is 1. The number of carbonyl (C=O) groups is 1. The molecule has 2 N–H and O–H groups in total. The van der Waals surface area contributed by atoms with E-state index in [9.17, 15) is 4.79 Å². The third-order valence-corrected chi connectivity index (χ3v) is 5.64. The summed E-state index contributed by atoms with van der Waals surface area (Å²) in [6, 6.07) is 7.37. The average molecular weight is 417 g/mol. The maximum absolute atomic E-state index is 13.2. The molecule has 0 spiro atoms. The molecule has 2 aromatic rings. The Hall–Kier alpha value is -2.42. The zero-order chi connectivity index (χ0) is 20.2. The normalized spacial score (nSPS) is 22.0. The van der Waals surface area contributed by atoms with Crippen LogP contribution >= 0.6 is 11.6 Å². The molecule has 3 heterocycles. The van der Waals surface area contributed by atoms with Crippen molar-refractivity contribution >= 4 is 23.5 Å². The first-order valence-electron chi connectivity index (χ1n) is 9.88. The highest BCUT2D eigenvalue weighted by molar-refractivity contribution is 6.32. The minimum atomic E-state index is -0.191. The van der Waals surface area contributed by atoms with Crippen LogP contribution in [-0.4, -0.2) is 60.1 Å². The van der Waals surface area contributed by atoms with Gasteiger partial charge < -0.3 is 14.5 Å². The van der Waals surface area contributed by atoms with Crippen molar-refractivity contribution in [1.29, 1.82) is 0 Å². The number of ether oxygens (including phenoxy) is 1. The van der Waals surface area contributed by atoms with E-state index in [0.29, 0.717) is 43.0 Å². The van der Waals surface area contributed by atoms with Crippen molar-refractivity contribution in [2.75, 3.05) is 44.2 Å². The summed E-state index contributed by atoms with van der Waals surface area (Å²) in [5.41, 5.74) is 7.33. The molecule has 2 aliphatic rings. The Bertz CT molecular complexity index is 844. The average Bonchev–Trinajstić information content (AvgIpc) is 3.25. The van der Waals surface area contributed by atoms with E-state index in [1.165, 1.54) is 0 Å². The second-order valence-electron chi connectivity index (χ2n) is 7.09. The first-order valence-corrected chi connectivity index (χ1v) is 10.3. The molecule has 2 atom stereocenters. The van der Waals surface area contributed by atoms with Gasteiger partial charge in [-0.3, -0.25) is 10.2 Å². The Morgan fingerprint density at radius 2 is 2.00 bits per heavy atom. The number of rotatable bonds is 5. The van der Waals surface area contributed by atoms with E-state index in [1.807, 2.05) is 30.0 Å². The molecule has 1 amide bonds. The molecule has 1 aromatic carbocycles. The second-order valence-corrected chi connectivity index (χ2v) is 7.50. The number of piperazine rings is 1. The van der Waals surface area contributed by atoms with Crippen LogP contribution in [0.3, 0.4) is 0 Å². The lowest BCUT2D eigenvalue weighted by Gasteiger charge is -2.36. The Kier molecular flexibility index (Phi) is 6.13. The van der Waals surface area contributed by atoms with Crippen molar-refractivity contribution in [2.24, 2.45) is 5.92 Å². The lowest BCUT2D eigenvalue weighted by atomic mass is 9.93. The summed E-state index contributed by atoms with van der Waals surface area (Å²) in [5.74, 6) is 1.33. The highest BCUT2D eigenvalue weighted by atomic mass is 35.5.